The van der Waals surface area contributed by atoms with E-state index in [1.54, 1.807) is 32.6 Å². The van der Waals surface area contributed by atoms with E-state index in [0.717, 1.165) is 10.5 Å². The lowest BCUT2D eigenvalue weighted by Crippen LogP contribution is -2.59. The monoisotopic (exact) mass is 484 g/mol. The van der Waals surface area contributed by atoms with Crippen LogP contribution in [0.15, 0.2) is 30.3 Å². The van der Waals surface area contributed by atoms with E-state index in [4.69, 9.17) is 9.47 Å². The number of halogens is 3. The van der Waals surface area contributed by atoms with E-state index in [1.165, 1.54) is 7.11 Å². The van der Waals surface area contributed by atoms with Gasteiger partial charge in [0.25, 0.3) is 0 Å². The van der Waals surface area contributed by atoms with Gasteiger partial charge in [-0.05, 0) is 52.5 Å². The second kappa shape index (κ2) is 9.76. The molecule has 0 spiro atoms. The number of rotatable bonds is 6. The van der Waals surface area contributed by atoms with Crippen LogP contribution in [0, 0.1) is 5.41 Å². The van der Waals surface area contributed by atoms with E-state index in [-0.39, 0.29) is 12.5 Å². The molecule has 2 aliphatic rings. The Morgan fingerprint density at radius 1 is 1.15 bits per heavy atom. The summed E-state index contributed by atoms with van der Waals surface area (Å²) in [6.45, 7) is 7.88. The molecule has 1 aliphatic heterocycles. The Balaban J connectivity index is 1.82. The molecule has 1 aromatic rings. The normalized spacial score (nSPS) is 23.2. The summed E-state index contributed by atoms with van der Waals surface area (Å²) in [4.78, 5) is 27.8. The van der Waals surface area contributed by atoms with Crippen LogP contribution in [0.3, 0.4) is 0 Å². The van der Waals surface area contributed by atoms with Crippen LogP contribution >= 0.6 is 0 Å². The topological polar surface area (TPSA) is 59.1 Å². The number of hydrogen-bond acceptors (Lipinski definition) is 4. The van der Waals surface area contributed by atoms with Crippen LogP contribution in [0.1, 0.15) is 58.4 Å². The molecule has 0 N–H and O–H groups in total. The van der Waals surface area contributed by atoms with Crippen LogP contribution < -0.4 is 0 Å². The van der Waals surface area contributed by atoms with Gasteiger partial charge in [-0.25, -0.2) is 4.79 Å². The summed E-state index contributed by atoms with van der Waals surface area (Å²) in [7, 11) is 1.51. The molecule has 1 aromatic carbocycles. The van der Waals surface area contributed by atoms with Crippen LogP contribution in [0.25, 0.3) is 0 Å². The van der Waals surface area contributed by atoms with Crippen LogP contribution in [-0.2, 0) is 14.3 Å². The maximum Gasteiger partial charge on any atom is 0.471 e. The first kappa shape index (κ1) is 26.3. The second-order valence-electron chi connectivity index (χ2n) is 10.5. The number of piperidine rings is 1. The van der Waals surface area contributed by atoms with Crippen molar-refractivity contribution < 1.29 is 32.2 Å². The minimum atomic E-state index is -4.97. The summed E-state index contributed by atoms with van der Waals surface area (Å²) in [6, 6.07) is 8.08. The highest BCUT2D eigenvalue weighted by Gasteiger charge is 2.57. The lowest BCUT2D eigenvalue weighted by Gasteiger charge is -2.49. The highest BCUT2D eigenvalue weighted by atomic mass is 19.4. The zero-order chi connectivity index (χ0) is 25.3. The minimum absolute atomic E-state index is 0.128. The van der Waals surface area contributed by atoms with Gasteiger partial charge in [-0.2, -0.15) is 13.2 Å². The summed E-state index contributed by atoms with van der Waals surface area (Å²) in [6.07, 6.45) is -4.11. The fourth-order valence-electron chi connectivity index (χ4n) is 5.03. The first-order valence-corrected chi connectivity index (χ1v) is 11.7. The van der Waals surface area contributed by atoms with Crippen molar-refractivity contribution in [2.24, 2.45) is 5.41 Å². The van der Waals surface area contributed by atoms with Gasteiger partial charge in [0.05, 0.1) is 6.61 Å². The Hall–Kier alpha value is -2.29. The summed E-state index contributed by atoms with van der Waals surface area (Å²) in [5.74, 6) is -1.94. The van der Waals surface area contributed by atoms with Gasteiger partial charge in [0.1, 0.15) is 5.60 Å². The maximum atomic E-state index is 13.7. The quantitative estimate of drug-likeness (QED) is 0.571. The van der Waals surface area contributed by atoms with Crippen molar-refractivity contribution in [3.8, 4) is 0 Å². The number of methoxy groups -OCH3 is 1. The average Bonchev–Trinajstić information content (AvgIpc) is 3.53. The van der Waals surface area contributed by atoms with E-state index >= 15 is 0 Å². The third-order valence-corrected chi connectivity index (χ3v) is 6.96. The van der Waals surface area contributed by atoms with Gasteiger partial charge >= 0.3 is 18.2 Å². The number of amides is 2. The molecule has 1 aliphatic carbocycles. The summed E-state index contributed by atoms with van der Waals surface area (Å²) in [5, 5.41) is 0. The molecule has 2 amide bonds. The van der Waals surface area contributed by atoms with Crippen molar-refractivity contribution in [1.82, 2.24) is 9.80 Å². The molecule has 0 aromatic heterocycles. The van der Waals surface area contributed by atoms with Gasteiger partial charge in [-0.3, -0.25) is 4.79 Å². The SMILES string of the molecule is COCC1(C(C)N(C(=O)C(F)(F)F)C2CC2c2ccccc2)CCN(C(=O)OC(C)(C)C)CC1. The lowest BCUT2D eigenvalue weighted by atomic mass is 9.72. The summed E-state index contributed by atoms with van der Waals surface area (Å²) < 4.78 is 52.0. The predicted molar refractivity (Wildman–Crippen MR) is 121 cm³/mol. The summed E-state index contributed by atoms with van der Waals surface area (Å²) in [5.41, 5.74) is -0.419. The largest absolute Gasteiger partial charge is 0.471 e. The van der Waals surface area contributed by atoms with Gasteiger partial charge < -0.3 is 19.3 Å². The van der Waals surface area contributed by atoms with Gasteiger partial charge in [-0.15, -0.1) is 0 Å². The molecule has 2 fully saturated rings. The van der Waals surface area contributed by atoms with Crippen molar-refractivity contribution in [2.75, 3.05) is 26.8 Å². The molecule has 0 radical (unpaired) electrons. The number of hydrogen-bond donors (Lipinski definition) is 0. The number of benzene rings is 1. The Morgan fingerprint density at radius 2 is 1.74 bits per heavy atom. The van der Waals surface area contributed by atoms with Crippen molar-refractivity contribution in [3.05, 3.63) is 35.9 Å². The highest BCUT2D eigenvalue weighted by molar-refractivity contribution is 5.83. The van der Waals surface area contributed by atoms with Crippen LogP contribution in [0.2, 0.25) is 0 Å². The Kier molecular flexibility index (Phi) is 7.55. The fourth-order valence-corrected chi connectivity index (χ4v) is 5.03. The molecule has 3 unspecified atom stereocenters. The van der Waals surface area contributed by atoms with E-state index < -0.39 is 41.3 Å². The van der Waals surface area contributed by atoms with Crippen LogP contribution in [0.4, 0.5) is 18.0 Å². The second-order valence-corrected chi connectivity index (χ2v) is 10.5. The molecule has 1 saturated heterocycles. The van der Waals surface area contributed by atoms with Crippen LogP contribution in [0.5, 0.6) is 0 Å². The number of likely N-dealkylation sites (tertiary alicyclic amines) is 1. The van der Waals surface area contributed by atoms with E-state index in [2.05, 4.69) is 0 Å². The Morgan fingerprint density at radius 3 is 2.24 bits per heavy atom. The van der Waals surface area contributed by atoms with E-state index in [0.29, 0.717) is 32.4 Å². The fraction of sp³-hybridized carbons (Fsp3) is 0.680. The smallest absolute Gasteiger partial charge is 0.444 e. The van der Waals surface area contributed by atoms with Crippen molar-refractivity contribution in [2.45, 2.75) is 76.7 Å². The molecule has 9 heteroatoms. The van der Waals surface area contributed by atoms with Crippen molar-refractivity contribution in [1.29, 1.82) is 0 Å². The Bertz CT molecular complexity index is 861. The third-order valence-electron chi connectivity index (χ3n) is 6.96. The average molecular weight is 485 g/mol. The van der Waals surface area contributed by atoms with Gasteiger partial charge in [0, 0.05) is 43.6 Å². The third kappa shape index (κ3) is 5.85. The molecule has 1 saturated carbocycles. The van der Waals surface area contributed by atoms with E-state index in [9.17, 15) is 22.8 Å². The predicted octanol–water partition coefficient (Wildman–Crippen LogP) is 4.99. The molecule has 6 nitrogen and oxygen atoms in total. The van der Waals surface area contributed by atoms with Gasteiger partial charge in [0.15, 0.2) is 0 Å². The minimum Gasteiger partial charge on any atom is -0.444 e. The highest BCUT2D eigenvalue weighted by Crippen LogP contribution is 2.50. The first-order valence-electron chi connectivity index (χ1n) is 11.7. The maximum absolute atomic E-state index is 13.7. The molecule has 3 rings (SSSR count). The number of carbonyl (C=O) groups is 2. The lowest BCUT2D eigenvalue weighted by molar-refractivity contribution is -0.192. The molecular weight excluding hydrogens is 449 g/mol. The zero-order valence-corrected chi connectivity index (χ0v) is 20.5. The molecule has 0 bridgehead atoms. The first-order chi connectivity index (χ1) is 15.8. The molecule has 1 heterocycles. The number of ether oxygens (including phenoxy) is 2. The number of nitrogens with zero attached hydrogens (tertiary/aromatic N) is 2. The zero-order valence-electron chi connectivity index (χ0n) is 20.5. The Labute approximate surface area is 199 Å². The van der Waals surface area contributed by atoms with Crippen molar-refractivity contribution in [3.63, 3.8) is 0 Å². The molecule has 3 atom stereocenters. The van der Waals surface area contributed by atoms with Gasteiger partial charge in [-0.1, -0.05) is 30.3 Å². The van der Waals surface area contributed by atoms with Gasteiger partial charge in [0.2, 0.25) is 0 Å². The molecule has 34 heavy (non-hydrogen) atoms. The van der Waals surface area contributed by atoms with E-state index in [1.807, 2.05) is 30.3 Å². The van der Waals surface area contributed by atoms with Crippen LogP contribution in [-0.4, -0.2) is 72.5 Å². The standard InChI is InChI=1S/C25H35F3N2O4/c1-17(24(16-33-5)11-13-29(14-12-24)22(32)34-23(2,3)4)30(21(31)25(26,27)28)20-15-19(20)18-9-7-6-8-10-18/h6-10,17,19-20H,11-16H2,1-5H3. The van der Waals surface area contributed by atoms with Crippen molar-refractivity contribution >= 4 is 12.0 Å². The summed E-state index contributed by atoms with van der Waals surface area (Å²) >= 11 is 0. The molecular formula is C25H35F3N2O4. The molecule has 190 valence electrons. The number of carbonyl (C=O) groups excluding carboxylic acids is 2. The number of alkyl halides is 3.